The topological polar surface area (TPSA) is 72.9 Å². The van der Waals surface area contributed by atoms with Crippen molar-refractivity contribution in [1.82, 2.24) is 4.90 Å². The summed E-state index contributed by atoms with van der Waals surface area (Å²) in [5.41, 5.74) is 1.02. The van der Waals surface area contributed by atoms with Crippen LogP contribution in [0, 0.1) is 5.92 Å². The fourth-order valence-corrected chi connectivity index (χ4v) is 2.48. The summed E-state index contributed by atoms with van der Waals surface area (Å²) in [6, 6.07) is 9.26. The van der Waals surface area contributed by atoms with Crippen LogP contribution in [0.5, 0.6) is 0 Å². The molecule has 0 N–H and O–H groups in total. The average molecular weight is 331 g/mol. The van der Waals surface area contributed by atoms with Crippen LogP contribution in [0.25, 0.3) is 0 Å². The van der Waals surface area contributed by atoms with Crippen LogP contribution < -0.4 is 0 Å². The Hall–Kier alpha value is -2.63. The molecule has 128 valence electrons. The third kappa shape index (κ3) is 4.44. The lowest BCUT2D eigenvalue weighted by molar-refractivity contribution is -0.137. The van der Waals surface area contributed by atoms with Crippen LogP contribution in [-0.4, -0.2) is 42.1 Å². The van der Waals surface area contributed by atoms with Gasteiger partial charge in [0.2, 0.25) is 5.91 Å². The molecule has 2 rings (SSSR count). The maximum atomic E-state index is 12.5. The summed E-state index contributed by atoms with van der Waals surface area (Å²) in [7, 11) is 0. The van der Waals surface area contributed by atoms with E-state index in [9.17, 15) is 14.4 Å². The standard InChI is InChI=1S/C18H21NO5/c1-3-23-16(20)10-9-13(2)17(21)19-15(12-24-18(19)22)11-14-7-5-4-6-8-14/h4-10,13,15H,3,11-12H2,1-2H3/b10-9-/t13-,15+/m1/s1. The smallest absolute Gasteiger partial charge is 0.417 e. The summed E-state index contributed by atoms with van der Waals surface area (Å²) in [6.45, 7) is 3.77. The molecule has 6 nitrogen and oxygen atoms in total. The van der Waals surface area contributed by atoms with Crippen molar-refractivity contribution in [3.8, 4) is 0 Å². The van der Waals surface area contributed by atoms with Gasteiger partial charge >= 0.3 is 12.1 Å². The number of carbonyl (C=O) groups excluding carboxylic acids is 3. The predicted octanol–water partition coefficient (Wildman–Crippen LogP) is 2.33. The van der Waals surface area contributed by atoms with Crippen molar-refractivity contribution in [2.75, 3.05) is 13.2 Å². The molecule has 0 aromatic heterocycles. The van der Waals surface area contributed by atoms with E-state index in [2.05, 4.69) is 0 Å². The highest BCUT2D eigenvalue weighted by atomic mass is 16.6. The predicted molar refractivity (Wildman–Crippen MR) is 87.1 cm³/mol. The molecule has 0 bridgehead atoms. The van der Waals surface area contributed by atoms with Gasteiger partial charge in [-0.25, -0.2) is 14.5 Å². The van der Waals surface area contributed by atoms with Gasteiger partial charge in [-0.1, -0.05) is 43.3 Å². The van der Waals surface area contributed by atoms with Gasteiger partial charge in [0.1, 0.15) is 6.61 Å². The number of nitrogens with zero attached hydrogens (tertiary/aromatic N) is 1. The molecule has 2 amide bonds. The van der Waals surface area contributed by atoms with Crippen molar-refractivity contribution >= 4 is 18.0 Å². The molecule has 0 saturated carbocycles. The maximum absolute atomic E-state index is 12.5. The van der Waals surface area contributed by atoms with Gasteiger partial charge in [0.15, 0.2) is 0 Å². The minimum atomic E-state index is -0.641. The lowest BCUT2D eigenvalue weighted by Crippen LogP contribution is -2.42. The Bertz CT molecular complexity index is 626. The first kappa shape index (κ1) is 17.7. The number of ether oxygens (including phenoxy) is 2. The number of carbonyl (C=O) groups is 3. The minimum absolute atomic E-state index is 0.174. The van der Waals surface area contributed by atoms with E-state index in [1.807, 2.05) is 30.3 Å². The zero-order valence-corrected chi connectivity index (χ0v) is 13.8. The highest BCUT2D eigenvalue weighted by molar-refractivity contribution is 5.96. The number of benzene rings is 1. The second-order valence-corrected chi connectivity index (χ2v) is 5.53. The van der Waals surface area contributed by atoms with Crippen molar-refractivity contribution in [2.45, 2.75) is 26.3 Å². The van der Waals surface area contributed by atoms with Crippen LogP contribution in [0.1, 0.15) is 19.4 Å². The largest absolute Gasteiger partial charge is 0.463 e. The van der Waals surface area contributed by atoms with Crippen LogP contribution in [0.3, 0.4) is 0 Å². The molecule has 1 aliphatic rings. The van der Waals surface area contributed by atoms with E-state index in [1.54, 1.807) is 13.8 Å². The van der Waals surface area contributed by atoms with Crippen molar-refractivity contribution in [2.24, 2.45) is 5.92 Å². The van der Waals surface area contributed by atoms with E-state index in [0.717, 1.165) is 10.5 Å². The average Bonchev–Trinajstić information content (AvgIpc) is 2.93. The zero-order chi connectivity index (χ0) is 17.5. The molecule has 0 radical (unpaired) electrons. The Morgan fingerprint density at radius 3 is 2.75 bits per heavy atom. The molecular formula is C18H21NO5. The first-order valence-electron chi connectivity index (χ1n) is 7.91. The van der Waals surface area contributed by atoms with Gasteiger partial charge in [-0.05, 0) is 18.9 Å². The van der Waals surface area contributed by atoms with Crippen LogP contribution >= 0.6 is 0 Å². The number of amides is 2. The fraction of sp³-hybridized carbons (Fsp3) is 0.389. The Labute approximate surface area is 141 Å². The van der Waals surface area contributed by atoms with Crippen molar-refractivity contribution in [3.63, 3.8) is 0 Å². The van der Waals surface area contributed by atoms with Crippen molar-refractivity contribution in [3.05, 3.63) is 48.0 Å². The monoisotopic (exact) mass is 331 g/mol. The van der Waals surface area contributed by atoms with Gasteiger partial charge in [0, 0.05) is 6.08 Å². The van der Waals surface area contributed by atoms with Gasteiger partial charge in [0.05, 0.1) is 18.6 Å². The summed E-state index contributed by atoms with van der Waals surface area (Å²) in [4.78, 5) is 37.0. The second-order valence-electron chi connectivity index (χ2n) is 5.53. The van der Waals surface area contributed by atoms with Gasteiger partial charge in [-0.2, -0.15) is 0 Å². The molecular weight excluding hydrogens is 310 g/mol. The van der Waals surface area contributed by atoms with E-state index >= 15 is 0 Å². The molecule has 1 aromatic carbocycles. The summed E-state index contributed by atoms with van der Waals surface area (Å²) < 4.78 is 9.81. The summed E-state index contributed by atoms with van der Waals surface area (Å²) in [6.07, 6.45) is 2.54. The lowest BCUT2D eigenvalue weighted by Gasteiger charge is -2.21. The molecule has 6 heteroatoms. The molecule has 0 aliphatic carbocycles. The highest BCUT2D eigenvalue weighted by Gasteiger charge is 2.39. The molecule has 2 atom stereocenters. The summed E-state index contributed by atoms with van der Waals surface area (Å²) >= 11 is 0. The Kier molecular flexibility index (Phi) is 6.12. The zero-order valence-electron chi connectivity index (χ0n) is 13.8. The number of rotatable bonds is 6. The molecule has 1 heterocycles. The van der Waals surface area contributed by atoms with E-state index in [0.29, 0.717) is 6.42 Å². The maximum Gasteiger partial charge on any atom is 0.417 e. The van der Waals surface area contributed by atoms with E-state index in [4.69, 9.17) is 9.47 Å². The van der Waals surface area contributed by atoms with Gasteiger partial charge in [-0.3, -0.25) is 4.79 Å². The quantitative estimate of drug-likeness (QED) is 0.591. The number of hydrogen-bond donors (Lipinski definition) is 0. The number of imide groups is 1. The first-order valence-corrected chi connectivity index (χ1v) is 7.91. The SMILES string of the molecule is CCOC(=O)/C=C\[C@@H](C)C(=O)N1C(=O)OC[C@@H]1Cc1ccccc1. The third-order valence-electron chi connectivity index (χ3n) is 3.71. The van der Waals surface area contributed by atoms with E-state index in [-0.39, 0.29) is 25.2 Å². The Morgan fingerprint density at radius 2 is 2.08 bits per heavy atom. The fourth-order valence-electron chi connectivity index (χ4n) is 2.48. The lowest BCUT2D eigenvalue weighted by atomic mass is 10.0. The van der Waals surface area contributed by atoms with Gasteiger partial charge in [0.25, 0.3) is 0 Å². The van der Waals surface area contributed by atoms with Crippen LogP contribution in [0.15, 0.2) is 42.5 Å². The highest BCUT2D eigenvalue weighted by Crippen LogP contribution is 2.20. The summed E-state index contributed by atoms with van der Waals surface area (Å²) in [5.74, 6) is -1.53. The second kappa shape index (κ2) is 8.29. The van der Waals surface area contributed by atoms with Crippen molar-refractivity contribution in [1.29, 1.82) is 0 Å². The van der Waals surface area contributed by atoms with Crippen molar-refractivity contribution < 1.29 is 23.9 Å². The van der Waals surface area contributed by atoms with Crippen LogP contribution in [0.4, 0.5) is 4.79 Å². The van der Waals surface area contributed by atoms with Crippen LogP contribution in [0.2, 0.25) is 0 Å². The normalized spacial score (nSPS) is 18.5. The Balaban J connectivity index is 2.04. The molecule has 0 spiro atoms. The number of cyclic esters (lactones) is 1. The molecule has 1 fully saturated rings. The molecule has 1 saturated heterocycles. The van der Waals surface area contributed by atoms with Crippen LogP contribution in [-0.2, 0) is 25.5 Å². The van der Waals surface area contributed by atoms with E-state index in [1.165, 1.54) is 12.2 Å². The summed E-state index contributed by atoms with van der Waals surface area (Å²) in [5, 5.41) is 0. The number of esters is 1. The molecule has 1 aromatic rings. The first-order chi connectivity index (χ1) is 11.5. The molecule has 0 unspecified atom stereocenters. The Morgan fingerprint density at radius 1 is 1.38 bits per heavy atom. The number of hydrogen-bond acceptors (Lipinski definition) is 5. The van der Waals surface area contributed by atoms with Gasteiger partial charge < -0.3 is 9.47 Å². The molecule has 1 aliphatic heterocycles. The minimum Gasteiger partial charge on any atom is -0.463 e. The molecule has 24 heavy (non-hydrogen) atoms. The van der Waals surface area contributed by atoms with E-state index < -0.39 is 18.0 Å². The van der Waals surface area contributed by atoms with Gasteiger partial charge in [-0.15, -0.1) is 0 Å². The third-order valence-corrected chi connectivity index (χ3v) is 3.71.